The minimum Gasteiger partial charge on any atom is -0.461 e. The van der Waals surface area contributed by atoms with Gasteiger partial charge in [-0.2, -0.15) is 4.98 Å². The Kier molecular flexibility index (Phi) is 4.88. The van der Waals surface area contributed by atoms with Gasteiger partial charge < -0.3 is 8.94 Å². The number of thioether (sulfide) groups is 1. The monoisotopic (exact) mass is 379 g/mol. The summed E-state index contributed by atoms with van der Waals surface area (Å²) >= 11 is 1.49. The number of benzene rings is 1. The van der Waals surface area contributed by atoms with E-state index in [1.54, 1.807) is 12.3 Å². The standard InChI is InChI=1S/C19H17N5O2S/c1-3-11-24-17(15-10-7-12-25-15)21-22-19(24)27-13(2)18-20-16(23-26-18)14-8-5-4-6-9-14/h3-10,12-13H,1,11H2,2H3. The van der Waals surface area contributed by atoms with Crippen LogP contribution in [0.2, 0.25) is 0 Å². The minimum atomic E-state index is -0.0906. The van der Waals surface area contributed by atoms with Crippen LogP contribution in [-0.2, 0) is 6.54 Å². The van der Waals surface area contributed by atoms with E-state index in [1.165, 1.54) is 11.8 Å². The first-order chi connectivity index (χ1) is 13.3. The molecular formula is C19H17N5O2S. The molecule has 0 saturated carbocycles. The minimum absolute atomic E-state index is 0.0906. The topological polar surface area (TPSA) is 82.8 Å². The molecule has 0 N–H and O–H groups in total. The largest absolute Gasteiger partial charge is 0.461 e. The lowest BCUT2D eigenvalue weighted by atomic mass is 10.2. The highest BCUT2D eigenvalue weighted by Gasteiger charge is 2.22. The van der Waals surface area contributed by atoms with Crippen LogP contribution >= 0.6 is 11.8 Å². The van der Waals surface area contributed by atoms with Crippen molar-refractivity contribution in [3.8, 4) is 23.0 Å². The summed E-state index contributed by atoms with van der Waals surface area (Å²) in [6, 6.07) is 13.4. The van der Waals surface area contributed by atoms with E-state index >= 15 is 0 Å². The molecule has 27 heavy (non-hydrogen) atoms. The smallest absolute Gasteiger partial charge is 0.240 e. The summed E-state index contributed by atoms with van der Waals surface area (Å²) < 4.78 is 12.9. The number of allylic oxidation sites excluding steroid dienone is 1. The van der Waals surface area contributed by atoms with Gasteiger partial charge in [-0.3, -0.25) is 4.57 Å². The molecule has 0 radical (unpaired) electrons. The molecule has 1 unspecified atom stereocenters. The highest BCUT2D eigenvalue weighted by atomic mass is 32.2. The molecule has 0 aliphatic carbocycles. The number of nitrogens with zero attached hydrogens (tertiary/aromatic N) is 5. The van der Waals surface area contributed by atoms with Crippen molar-refractivity contribution in [3.63, 3.8) is 0 Å². The van der Waals surface area contributed by atoms with E-state index in [1.807, 2.05) is 54.0 Å². The predicted octanol–water partition coefficient (Wildman–Crippen LogP) is 4.63. The van der Waals surface area contributed by atoms with E-state index < -0.39 is 0 Å². The normalized spacial score (nSPS) is 12.2. The van der Waals surface area contributed by atoms with Gasteiger partial charge in [0.05, 0.1) is 11.5 Å². The second kappa shape index (κ2) is 7.63. The van der Waals surface area contributed by atoms with Crippen LogP contribution in [0.25, 0.3) is 23.0 Å². The zero-order valence-electron chi connectivity index (χ0n) is 14.6. The Morgan fingerprint density at radius 3 is 2.78 bits per heavy atom. The Balaban J connectivity index is 1.57. The molecule has 1 aromatic carbocycles. The van der Waals surface area contributed by atoms with Gasteiger partial charge in [0.2, 0.25) is 17.5 Å². The lowest BCUT2D eigenvalue weighted by Gasteiger charge is -2.08. The Bertz CT molecular complexity index is 1020. The van der Waals surface area contributed by atoms with Crippen LogP contribution in [0, 0.1) is 0 Å². The van der Waals surface area contributed by atoms with Gasteiger partial charge in [0.25, 0.3) is 0 Å². The molecule has 0 spiro atoms. The molecule has 0 fully saturated rings. The van der Waals surface area contributed by atoms with Crippen LogP contribution < -0.4 is 0 Å². The summed E-state index contributed by atoms with van der Waals surface area (Å²) in [4.78, 5) is 4.51. The first kappa shape index (κ1) is 17.3. The van der Waals surface area contributed by atoms with Crippen molar-refractivity contribution in [2.75, 3.05) is 0 Å². The van der Waals surface area contributed by atoms with Gasteiger partial charge in [-0.25, -0.2) is 0 Å². The second-order valence-electron chi connectivity index (χ2n) is 5.77. The van der Waals surface area contributed by atoms with Gasteiger partial charge in [-0.05, 0) is 19.1 Å². The summed E-state index contributed by atoms with van der Waals surface area (Å²) in [5.41, 5.74) is 0.916. The molecule has 3 heterocycles. The fourth-order valence-corrected chi connectivity index (χ4v) is 3.46. The molecule has 7 nitrogen and oxygen atoms in total. The van der Waals surface area contributed by atoms with Gasteiger partial charge in [0.15, 0.2) is 10.9 Å². The summed E-state index contributed by atoms with van der Waals surface area (Å²) in [5, 5.41) is 13.3. The number of hydrogen-bond donors (Lipinski definition) is 0. The van der Waals surface area contributed by atoms with Gasteiger partial charge >= 0.3 is 0 Å². The lowest BCUT2D eigenvalue weighted by molar-refractivity contribution is 0.380. The Hall–Kier alpha value is -3.13. The third kappa shape index (κ3) is 3.56. The van der Waals surface area contributed by atoms with Crippen LogP contribution in [0.15, 0.2) is 75.5 Å². The first-order valence-electron chi connectivity index (χ1n) is 8.40. The second-order valence-corrected chi connectivity index (χ2v) is 7.07. The molecule has 4 aromatic rings. The van der Waals surface area contributed by atoms with E-state index in [-0.39, 0.29) is 5.25 Å². The summed E-state index contributed by atoms with van der Waals surface area (Å²) in [5.74, 6) is 2.42. The maximum atomic E-state index is 5.45. The van der Waals surface area contributed by atoms with Crippen molar-refractivity contribution < 1.29 is 8.94 Å². The summed E-state index contributed by atoms with van der Waals surface area (Å²) in [6.45, 7) is 6.38. The number of furan rings is 1. The number of hydrogen-bond acceptors (Lipinski definition) is 7. The van der Waals surface area contributed by atoms with E-state index in [0.29, 0.717) is 29.8 Å². The van der Waals surface area contributed by atoms with Crippen molar-refractivity contribution in [1.29, 1.82) is 0 Å². The van der Waals surface area contributed by atoms with Gasteiger partial charge in [-0.15, -0.1) is 16.8 Å². The fourth-order valence-electron chi connectivity index (χ4n) is 2.57. The maximum absolute atomic E-state index is 5.45. The highest BCUT2D eigenvalue weighted by molar-refractivity contribution is 7.99. The van der Waals surface area contributed by atoms with Crippen LogP contribution in [-0.4, -0.2) is 24.9 Å². The number of rotatable bonds is 7. The van der Waals surface area contributed by atoms with Crippen molar-refractivity contribution in [3.05, 3.63) is 67.3 Å². The third-order valence-corrected chi connectivity index (χ3v) is 4.94. The van der Waals surface area contributed by atoms with Crippen LogP contribution in [0.5, 0.6) is 0 Å². The Morgan fingerprint density at radius 2 is 2.04 bits per heavy atom. The average molecular weight is 379 g/mol. The number of aromatic nitrogens is 5. The molecule has 136 valence electrons. The third-order valence-electron chi connectivity index (χ3n) is 3.87. The Morgan fingerprint density at radius 1 is 1.19 bits per heavy atom. The molecule has 0 aliphatic heterocycles. The zero-order chi connectivity index (χ0) is 18.6. The quantitative estimate of drug-likeness (QED) is 0.342. The van der Waals surface area contributed by atoms with Crippen LogP contribution in [0.3, 0.4) is 0 Å². The van der Waals surface area contributed by atoms with Gasteiger partial charge in [0.1, 0.15) is 0 Å². The molecule has 0 amide bonds. The average Bonchev–Trinajstić information content (AvgIpc) is 3.44. The zero-order valence-corrected chi connectivity index (χ0v) is 15.5. The SMILES string of the molecule is C=CCn1c(SC(C)c2nc(-c3ccccc3)no2)nnc1-c1ccco1. The molecular weight excluding hydrogens is 362 g/mol. The predicted molar refractivity (Wildman–Crippen MR) is 102 cm³/mol. The molecule has 8 heteroatoms. The fraction of sp³-hybridized carbons (Fsp3) is 0.158. The first-order valence-corrected chi connectivity index (χ1v) is 9.28. The summed E-state index contributed by atoms with van der Waals surface area (Å²) in [7, 11) is 0. The molecule has 0 bridgehead atoms. The van der Waals surface area contributed by atoms with Gasteiger partial charge in [-0.1, -0.05) is 53.3 Å². The molecule has 0 aliphatic rings. The maximum Gasteiger partial charge on any atom is 0.240 e. The molecule has 3 aromatic heterocycles. The molecule has 4 rings (SSSR count). The van der Waals surface area contributed by atoms with Crippen molar-refractivity contribution in [2.24, 2.45) is 0 Å². The van der Waals surface area contributed by atoms with E-state index in [0.717, 1.165) is 10.7 Å². The van der Waals surface area contributed by atoms with Crippen molar-refractivity contribution in [1.82, 2.24) is 24.9 Å². The highest BCUT2D eigenvalue weighted by Crippen LogP contribution is 2.35. The van der Waals surface area contributed by atoms with Crippen molar-refractivity contribution >= 4 is 11.8 Å². The Labute approximate surface area is 160 Å². The molecule has 0 saturated heterocycles. The van der Waals surface area contributed by atoms with Gasteiger partial charge in [0, 0.05) is 12.1 Å². The van der Waals surface area contributed by atoms with Crippen molar-refractivity contribution in [2.45, 2.75) is 23.9 Å². The van der Waals surface area contributed by atoms with E-state index in [2.05, 4.69) is 26.9 Å². The summed E-state index contributed by atoms with van der Waals surface area (Å²) in [6.07, 6.45) is 3.41. The van der Waals surface area contributed by atoms with Crippen LogP contribution in [0.1, 0.15) is 18.1 Å². The molecule has 1 atom stereocenters. The van der Waals surface area contributed by atoms with Crippen LogP contribution in [0.4, 0.5) is 0 Å². The lowest BCUT2D eigenvalue weighted by Crippen LogP contribution is -2.01. The van der Waals surface area contributed by atoms with E-state index in [4.69, 9.17) is 8.94 Å². The van der Waals surface area contributed by atoms with E-state index in [9.17, 15) is 0 Å².